The first-order valence-corrected chi connectivity index (χ1v) is 8.51. The van der Waals surface area contributed by atoms with Crippen LogP contribution < -0.4 is 19.7 Å². The number of nitrogens with one attached hydrogen (secondary N) is 2. The highest BCUT2D eigenvalue weighted by Crippen LogP contribution is 2.27. The Morgan fingerprint density at radius 3 is 2.35 bits per heavy atom. The summed E-state index contributed by atoms with van der Waals surface area (Å²) in [5.74, 6) is 2.28. The molecule has 5 heteroatoms. The van der Waals surface area contributed by atoms with Crippen molar-refractivity contribution in [3.05, 3.63) is 18.2 Å². The fourth-order valence-electron chi connectivity index (χ4n) is 2.81. The fourth-order valence-corrected chi connectivity index (χ4v) is 2.81. The minimum atomic E-state index is 0.0460. The quantitative estimate of drug-likeness (QED) is 0.690. The molecule has 2 N–H and O–H groups in total. The summed E-state index contributed by atoms with van der Waals surface area (Å²) in [5.41, 5.74) is 0.713. The highest BCUT2D eigenvalue weighted by atomic mass is 16.5. The molecule has 1 saturated carbocycles. The molecule has 1 aromatic carbocycles. The van der Waals surface area contributed by atoms with Crippen LogP contribution in [0.5, 0.6) is 11.5 Å². The molecule has 5 nitrogen and oxygen atoms in total. The first kappa shape index (κ1) is 17.6. The molecule has 0 radical (unpaired) electrons. The first-order valence-electron chi connectivity index (χ1n) is 8.51. The predicted octanol–water partition coefficient (Wildman–Crippen LogP) is 1.74. The molecule has 23 heavy (non-hydrogen) atoms. The van der Waals surface area contributed by atoms with Crippen LogP contribution >= 0.6 is 0 Å². The number of methoxy groups -OCH3 is 2. The Hall–Kier alpha value is -1.75. The summed E-state index contributed by atoms with van der Waals surface area (Å²) < 4.78 is 10.4. The molecule has 1 aliphatic carbocycles. The van der Waals surface area contributed by atoms with E-state index >= 15 is 0 Å². The Morgan fingerprint density at radius 2 is 1.83 bits per heavy atom. The van der Waals surface area contributed by atoms with Gasteiger partial charge in [-0.3, -0.25) is 4.79 Å². The number of carbonyl (C=O) groups excluding carboxylic acids is 1. The molecular weight excluding hydrogens is 292 g/mol. The molecule has 0 bridgehead atoms. The maximum Gasteiger partial charge on any atom is 0.230 e. The Balaban J connectivity index is 1.85. The van der Waals surface area contributed by atoms with Gasteiger partial charge in [-0.25, -0.2) is 0 Å². The Morgan fingerprint density at radius 1 is 1.17 bits per heavy atom. The number of benzene rings is 1. The summed E-state index contributed by atoms with van der Waals surface area (Å²) in [6, 6.07) is 5.40. The lowest BCUT2D eigenvalue weighted by Gasteiger charge is -2.18. The largest absolute Gasteiger partial charge is 0.497 e. The highest BCUT2D eigenvalue weighted by molar-refractivity contribution is 5.91. The average Bonchev–Trinajstić information content (AvgIpc) is 3.36. The summed E-state index contributed by atoms with van der Waals surface area (Å²) in [4.78, 5) is 13.8. The van der Waals surface area contributed by atoms with E-state index in [-0.39, 0.29) is 5.91 Å². The molecule has 1 aliphatic rings. The van der Waals surface area contributed by atoms with Crippen LogP contribution in [-0.2, 0) is 4.79 Å². The topological polar surface area (TPSA) is 52.0 Å². The van der Waals surface area contributed by atoms with Gasteiger partial charge in [0.15, 0.2) is 0 Å². The van der Waals surface area contributed by atoms with E-state index in [0.717, 1.165) is 25.4 Å². The van der Waals surface area contributed by atoms with Crippen molar-refractivity contribution in [2.24, 2.45) is 5.92 Å². The zero-order valence-electron chi connectivity index (χ0n) is 14.5. The van der Waals surface area contributed by atoms with E-state index < -0.39 is 0 Å². The lowest BCUT2D eigenvalue weighted by Crippen LogP contribution is -3.12. The van der Waals surface area contributed by atoms with Crippen LogP contribution in [-0.4, -0.2) is 39.8 Å². The van der Waals surface area contributed by atoms with Crippen LogP contribution in [0.15, 0.2) is 18.2 Å². The van der Waals surface area contributed by atoms with E-state index in [4.69, 9.17) is 9.47 Å². The van der Waals surface area contributed by atoms with Crippen molar-refractivity contribution in [3.8, 4) is 11.5 Å². The second-order valence-electron chi connectivity index (χ2n) is 6.30. The van der Waals surface area contributed by atoms with Crippen LogP contribution in [0.4, 0.5) is 5.69 Å². The third-order valence-electron chi connectivity index (χ3n) is 4.22. The maximum absolute atomic E-state index is 12.2. The monoisotopic (exact) mass is 321 g/mol. The van der Waals surface area contributed by atoms with Gasteiger partial charge in [0, 0.05) is 29.8 Å². The molecule has 2 rings (SSSR count). The van der Waals surface area contributed by atoms with E-state index in [1.807, 2.05) is 0 Å². The van der Waals surface area contributed by atoms with Gasteiger partial charge in [-0.1, -0.05) is 6.92 Å². The Bertz CT molecular complexity index is 493. The van der Waals surface area contributed by atoms with Gasteiger partial charge in [0.25, 0.3) is 0 Å². The molecule has 1 aromatic rings. The number of hydrogen-bond acceptors (Lipinski definition) is 3. The Labute approximate surface area is 139 Å². The summed E-state index contributed by atoms with van der Waals surface area (Å²) in [5, 5.41) is 2.95. The molecule has 1 amide bonds. The van der Waals surface area contributed by atoms with Gasteiger partial charge in [0.2, 0.25) is 5.91 Å². The van der Waals surface area contributed by atoms with Crippen molar-refractivity contribution in [3.63, 3.8) is 0 Å². The third-order valence-corrected chi connectivity index (χ3v) is 4.22. The van der Waals surface area contributed by atoms with Gasteiger partial charge < -0.3 is 19.7 Å². The average molecular weight is 321 g/mol. The smallest absolute Gasteiger partial charge is 0.230 e. The molecule has 0 saturated heterocycles. The van der Waals surface area contributed by atoms with Crippen molar-refractivity contribution in [2.75, 3.05) is 39.2 Å². The number of carbonyl (C=O) groups is 1. The van der Waals surface area contributed by atoms with Crippen molar-refractivity contribution >= 4 is 11.6 Å². The van der Waals surface area contributed by atoms with E-state index in [2.05, 4.69) is 12.2 Å². The maximum atomic E-state index is 12.2. The minimum Gasteiger partial charge on any atom is -0.497 e. The zero-order valence-corrected chi connectivity index (χ0v) is 14.5. The zero-order chi connectivity index (χ0) is 16.7. The molecule has 1 unspecified atom stereocenters. The molecule has 0 aromatic heterocycles. The standard InChI is InChI=1S/C18H28N2O3/c1-4-8-20(13-14-5-6-14)9-7-18(21)19-15-10-16(22-2)12-17(11-15)23-3/h10-12,14H,4-9,13H2,1-3H3,(H,19,21)/p+1. The second kappa shape index (κ2) is 8.77. The van der Waals surface area contributed by atoms with Crippen LogP contribution in [0.3, 0.4) is 0 Å². The molecule has 128 valence electrons. The fraction of sp³-hybridized carbons (Fsp3) is 0.611. The first-order chi connectivity index (χ1) is 11.1. The van der Waals surface area contributed by atoms with E-state index in [1.54, 1.807) is 37.3 Å². The van der Waals surface area contributed by atoms with Crippen LogP contribution in [0.25, 0.3) is 0 Å². The van der Waals surface area contributed by atoms with Crippen molar-refractivity contribution in [1.29, 1.82) is 0 Å². The van der Waals surface area contributed by atoms with Crippen LogP contribution in [0.1, 0.15) is 32.6 Å². The predicted molar refractivity (Wildman–Crippen MR) is 91.4 cm³/mol. The number of hydrogen-bond donors (Lipinski definition) is 2. The Kier molecular flexibility index (Phi) is 6.71. The number of anilines is 1. The summed E-state index contributed by atoms with van der Waals surface area (Å²) >= 11 is 0. The number of ether oxygens (including phenoxy) is 2. The van der Waals surface area contributed by atoms with Gasteiger partial charge in [-0.2, -0.15) is 0 Å². The van der Waals surface area contributed by atoms with Crippen molar-refractivity contribution in [1.82, 2.24) is 0 Å². The van der Waals surface area contributed by atoms with Crippen LogP contribution in [0, 0.1) is 5.92 Å². The van der Waals surface area contributed by atoms with Crippen molar-refractivity contribution < 1.29 is 19.2 Å². The summed E-state index contributed by atoms with van der Waals surface area (Å²) in [7, 11) is 3.20. The SMILES string of the molecule is CCC[NH+](CCC(=O)Nc1cc(OC)cc(OC)c1)CC1CC1. The van der Waals surface area contributed by atoms with E-state index in [0.29, 0.717) is 23.6 Å². The van der Waals surface area contributed by atoms with Gasteiger partial charge in [0.1, 0.15) is 11.5 Å². The van der Waals surface area contributed by atoms with Crippen molar-refractivity contribution in [2.45, 2.75) is 32.6 Å². The third kappa shape index (κ3) is 6.10. The lowest BCUT2D eigenvalue weighted by molar-refractivity contribution is -0.901. The molecule has 1 atom stereocenters. The number of quaternary nitrogens is 1. The highest BCUT2D eigenvalue weighted by Gasteiger charge is 2.26. The van der Waals surface area contributed by atoms with E-state index in [9.17, 15) is 4.79 Å². The molecule has 0 heterocycles. The lowest BCUT2D eigenvalue weighted by atomic mass is 10.2. The molecule has 0 aliphatic heterocycles. The van der Waals surface area contributed by atoms with Gasteiger partial charge in [0.05, 0.1) is 40.3 Å². The van der Waals surface area contributed by atoms with Crippen LogP contribution in [0.2, 0.25) is 0 Å². The molecular formula is C18H29N2O3+. The normalized spacial score (nSPS) is 15.1. The summed E-state index contributed by atoms with van der Waals surface area (Å²) in [6.45, 7) is 5.47. The molecule has 0 spiro atoms. The van der Waals surface area contributed by atoms with Gasteiger partial charge in [-0.15, -0.1) is 0 Å². The van der Waals surface area contributed by atoms with E-state index in [1.165, 1.54) is 19.4 Å². The number of amides is 1. The van der Waals surface area contributed by atoms with Gasteiger partial charge >= 0.3 is 0 Å². The number of rotatable bonds is 10. The molecule has 1 fully saturated rings. The summed E-state index contributed by atoms with van der Waals surface area (Å²) in [6.07, 6.45) is 4.43. The minimum absolute atomic E-state index is 0.0460. The van der Waals surface area contributed by atoms with Gasteiger partial charge in [-0.05, 0) is 19.3 Å². The second-order valence-corrected chi connectivity index (χ2v) is 6.30.